The molecule has 13 heteroatoms. The number of halogens is 1. The van der Waals surface area contributed by atoms with E-state index in [1.807, 2.05) is 6.92 Å². The van der Waals surface area contributed by atoms with Crippen molar-refractivity contribution < 1.29 is 21.8 Å². The zero-order valence-electron chi connectivity index (χ0n) is 16.2. The number of nitrogens with two attached hydrogens (primary N) is 1. The van der Waals surface area contributed by atoms with Crippen LogP contribution in [-0.2, 0) is 20.0 Å². The van der Waals surface area contributed by atoms with Crippen LogP contribution in [0.2, 0.25) is 5.02 Å². The molecular formula is C17H21ClN4O6S2. The second kappa shape index (κ2) is 9.16. The summed E-state index contributed by atoms with van der Waals surface area (Å²) in [5.41, 5.74) is -0.0784. The van der Waals surface area contributed by atoms with E-state index >= 15 is 0 Å². The number of hydrogen-bond donors (Lipinski definition) is 3. The van der Waals surface area contributed by atoms with Crippen molar-refractivity contribution in [2.45, 2.75) is 36.5 Å². The second-order valence-electron chi connectivity index (χ2n) is 6.44. The highest BCUT2D eigenvalue weighted by molar-refractivity contribution is 7.92. The number of hydrogen-bond acceptors (Lipinski definition) is 7. The Bertz CT molecular complexity index is 1180. The van der Waals surface area contributed by atoms with E-state index in [1.54, 1.807) is 0 Å². The third-order valence-electron chi connectivity index (χ3n) is 4.21. The van der Waals surface area contributed by atoms with E-state index in [-0.39, 0.29) is 21.2 Å². The summed E-state index contributed by atoms with van der Waals surface area (Å²) in [5, 5.41) is 19.3. The molecule has 30 heavy (non-hydrogen) atoms. The van der Waals surface area contributed by atoms with E-state index in [1.165, 1.54) is 19.1 Å². The third-order valence-corrected chi connectivity index (χ3v) is 6.86. The minimum absolute atomic E-state index is 0.0722. The first-order valence-electron chi connectivity index (χ1n) is 8.75. The molecule has 0 amide bonds. The standard InChI is InChI=1S/C17H21ClN4O6S2/c1-3-4-7-20-15-6-5-12(29(19,25)26)9-16(15)21-30(27,28)13-8-14(18)11(2)17(10-13)22(23)24/h5-6,8-10,20-21H,3-4,7H2,1-2H3,(H2,19,25,26). The lowest BCUT2D eigenvalue weighted by Gasteiger charge is -2.16. The largest absolute Gasteiger partial charge is 0.383 e. The Labute approximate surface area is 179 Å². The van der Waals surface area contributed by atoms with Crippen LogP contribution < -0.4 is 15.2 Å². The molecule has 0 atom stereocenters. The molecule has 0 fully saturated rings. The molecule has 0 aliphatic rings. The molecule has 0 heterocycles. The molecule has 0 spiro atoms. The van der Waals surface area contributed by atoms with Gasteiger partial charge >= 0.3 is 0 Å². The number of nitro groups is 1. The lowest BCUT2D eigenvalue weighted by Crippen LogP contribution is -2.17. The van der Waals surface area contributed by atoms with Gasteiger partial charge in [-0.05, 0) is 37.6 Å². The first-order chi connectivity index (χ1) is 13.9. The average molecular weight is 477 g/mol. The molecule has 10 nitrogen and oxygen atoms in total. The summed E-state index contributed by atoms with van der Waals surface area (Å²) in [5.74, 6) is 0. The lowest BCUT2D eigenvalue weighted by molar-refractivity contribution is -0.385. The zero-order valence-corrected chi connectivity index (χ0v) is 18.6. The van der Waals surface area contributed by atoms with Crippen molar-refractivity contribution >= 4 is 48.7 Å². The summed E-state index contributed by atoms with van der Waals surface area (Å²) in [7, 11) is -8.43. The summed E-state index contributed by atoms with van der Waals surface area (Å²) in [6.07, 6.45) is 1.68. The van der Waals surface area contributed by atoms with Crippen molar-refractivity contribution in [2.24, 2.45) is 5.14 Å². The summed E-state index contributed by atoms with van der Waals surface area (Å²) in [4.78, 5) is 9.74. The number of benzene rings is 2. The van der Waals surface area contributed by atoms with Crippen LogP contribution in [0.25, 0.3) is 0 Å². The van der Waals surface area contributed by atoms with Gasteiger partial charge in [0.1, 0.15) is 0 Å². The average Bonchev–Trinajstić information content (AvgIpc) is 2.63. The molecule has 0 aliphatic carbocycles. The number of unbranched alkanes of at least 4 members (excludes halogenated alkanes) is 1. The quantitative estimate of drug-likeness (QED) is 0.284. The highest BCUT2D eigenvalue weighted by Gasteiger charge is 2.24. The fraction of sp³-hybridized carbons (Fsp3) is 0.294. The minimum Gasteiger partial charge on any atom is -0.383 e. The molecule has 0 saturated carbocycles. The fourth-order valence-corrected chi connectivity index (χ4v) is 4.46. The zero-order chi connectivity index (χ0) is 22.7. The van der Waals surface area contributed by atoms with Crippen LogP contribution >= 0.6 is 11.6 Å². The van der Waals surface area contributed by atoms with E-state index in [9.17, 15) is 26.9 Å². The molecule has 164 valence electrons. The maximum Gasteiger partial charge on any atom is 0.275 e. The van der Waals surface area contributed by atoms with Crippen molar-refractivity contribution in [2.75, 3.05) is 16.6 Å². The van der Waals surface area contributed by atoms with Gasteiger partial charge in [-0.1, -0.05) is 24.9 Å². The predicted molar refractivity (Wildman–Crippen MR) is 115 cm³/mol. The number of nitrogens with one attached hydrogen (secondary N) is 2. The summed E-state index contributed by atoms with van der Waals surface area (Å²) >= 11 is 5.97. The second-order valence-corrected chi connectivity index (χ2v) is 10.1. The SMILES string of the molecule is CCCCNc1ccc(S(N)(=O)=O)cc1NS(=O)(=O)c1cc(Cl)c(C)c([N+](=O)[O-])c1. The molecule has 0 aromatic heterocycles. The molecule has 2 aromatic carbocycles. The van der Waals surface area contributed by atoms with Crippen LogP contribution in [0.15, 0.2) is 40.1 Å². The summed E-state index contributed by atoms with van der Waals surface area (Å²) < 4.78 is 51.4. The summed E-state index contributed by atoms with van der Waals surface area (Å²) in [6, 6.07) is 5.68. The fourth-order valence-electron chi connectivity index (χ4n) is 2.53. The van der Waals surface area contributed by atoms with Crippen LogP contribution in [0, 0.1) is 17.0 Å². The van der Waals surface area contributed by atoms with Crippen LogP contribution in [0.5, 0.6) is 0 Å². The number of rotatable bonds is 9. The molecular weight excluding hydrogens is 456 g/mol. The van der Waals surface area contributed by atoms with E-state index in [0.717, 1.165) is 31.0 Å². The lowest BCUT2D eigenvalue weighted by atomic mass is 10.2. The Kier molecular flexibility index (Phi) is 7.29. The molecule has 2 rings (SSSR count). The van der Waals surface area contributed by atoms with E-state index in [4.69, 9.17) is 16.7 Å². The number of nitrogens with zero attached hydrogens (tertiary/aromatic N) is 1. The molecule has 0 saturated heterocycles. The number of sulfonamides is 2. The molecule has 0 aliphatic heterocycles. The van der Waals surface area contributed by atoms with Crippen LogP contribution in [0.3, 0.4) is 0 Å². The minimum atomic E-state index is -4.34. The maximum absolute atomic E-state index is 12.9. The molecule has 0 unspecified atom stereocenters. The molecule has 4 N–H and O–H groups in total. The van der Waals surface area contributed by atoms with Crippen molar-refractivity contribution in [3.8, 4) is 0 Å². The Balaban J connectivity index is 2.54. The van der Waals surface area contributed by atoms with Crippen molar-refractivity contribution in [1.29, 1.82) is 0 Å². The topological polar surface area (TPSA) is 162 Å². The van der Waals surface area contributed by atoms with Crippen LogP contribution in [-0.4, -0.2) is 28.3 Å². The normalized spacial score (nSPS) is 11.9. The molecule has 0 bridgehead atoms. The van der Waals surface area contributed by atoms with Crippen LogP contribution in [0.1, 0.15) is 25.3 Å². The predicted octanol–water partition coefficient (Wildman–Crippen LogP) is 3.22. The van der Waals surface area contributed by atoms with Crippen molar-refractivity contribution in [3.63, 3.8) is 0 Å². The van der Waals surface area contributed by atoms with E-state index < -0.39 is 35.6 Å². The molecule has 2 aromatic rings. The highest BCUT2D eigenvalue weighted by atomic mass is 35.5. The Hall–Kier alpha value is -2.41. The van der Waals surface area contributed by atoms with E-state index in [0.29, 0.717) is 12.2 Å². The van der Waals surface area contributed by atoms with Gasteiger partial charge in [-0.2, -0.15) is 0 Å². The number of anilines is 2. The third kappa shape index (κ3) is 5.59. The van der Waals surface area contributed by atoms with Gasteiger partial charge in [0.25, 0.3) is 15.7 Å². The van der Waals surface area contributed by atoms with Gasteiger partial charge in [-0.15, -0.1) is 0 Å². The van der Waals surface area contributed by atoms with Gasteiger partial charge in [-0.25, -0.2) is 22.0 Å². The van der Waals surface area contributed by atoms with Gasteiger partial charge in [0.2, 0.25) is 10.0 Å². The molecule has 0 radical (unpaired) electrons. The van der Waals surface area contributed by atoms with Crippen molar-refractivity contribution in [1.82, 2.24) is 0 Å². The first-order valence-corrected chi connectivity index (χ1v) is 12.2. The van der Waals surface area contributed by atoms with Gasteiger partial charge in [0, 0.05) is 18.2 Å². The van der Waals surface area contributed by atoms with Gasteiger partial charge < -0.3 is 5.32 Å². The van der Waals surface area contributed by atoms with Gasteiger partial charge in [0.15, 0.2) is 0 Å². The number of primary sulfonamides is 1. The Morgan fingerprint density at radius 2 is 1.77 bits per heavy atom. The van der Waals surface area contributed by atoms with E-state index in [2.05, 4.69) is 10.0 Å². The van der Waals surface area contributed by atoms with Gasteiger partial charge in [0.05, 0.1) is 31.1 Å². The highest BCUT2D eigenvalue weighted by Crippen LogP contribution is 2.32. The smallest absolute Gasteiger partial charge is 0.275 e. The number of nitro benzene ring substituents is 1. The van der Waals surface area contributed by atoms with Gasteiger partial charge in [-0.3, -0.25) is 14.8 Å². The summed E-state index contributed by atoms with van der Waals surface area (Å²) in [6.45, 7) is 3.89. The maximum atomic E-state index is 12.9. The Morgan fingerprint density at radius 1 is 1.10 bits per heavy atom. The Morgan fingerprint density at radius 3 is 2.33 bits per heavy atom. The monoisotopic (exact) mass is 476 g/mol. The van der Waals surface area contributed by atoms with Crippen molar-refractivity contribution in [3.05, 3.63) is 51.0 Å². The van der Waals surface area contributed by atoms with Crippen LogP contribution in [0.4, 0.5) is 17.1 Å². The first kappa shape index (κ1) is 23.9.